The zero-order chi connectivity index (χ0) is 18.9. The minimum Gasteiger partial charge on any atom is -0.480 e. The number of nitrogens with one attached hydrogen (secondary N) is 2. The standard InChI is InChI=1S/C20H27N3O3/c1-3-23(4-2)12-11-21-18(20(25)26)14-19(24)22-17-10-9-15-7-5-6-8-16(15)13-17/h5-10,13,18,21H,3-4,11-12,14H2,1-2H3,(H,22,24)(H,25,26)/t18-/m1/s1. The zero-order valence-corrected chi connectivity index (χ0v) is 15.4. The van der Waals surface area contributed by atoms with Crippen LogP contribution in [0.1, 0.15) is 20.3 Å². The van der Waals surface area contributed by atoms with E-state index in [0.717, 1.165) is 30.4 Å². The molecule has 6 heteroatoms. The lowest BCUT2D eigenvalue weighted by atomic mass is 10.1. The number of likely N-dealkylation sites (N-methyl/N-ethyl adjacent to an activating group) is 1. The quantitative estimate of drug-likeness (QED) is 0.609. The Morgan fingerprint density at radius 1 is 1.08 bits per heavy atom. The van der Waals surface area contributed by atoms with Crippen molar-refractivity contribution in [3.05, 3.63) is 42.5 Å². The third kappa shape index (κ3) is 5.82. The third-order valence-electron chi connectivity index (χ3n) is 4.43. The highest BCUT2D eigenvalue weighted by atomic mass is 16.4. The minimum atomic E-state index is -1.02. The summed E-state index contributed by atoms with van der Waals surface area (Å²) in [7, 11) is 0. The van der Waals surface area contributed by atoms with Crippen LogP contribution in [0, 0.1) is 0 Å². The van der Waals surface area contributed by atoms with Crippen LogP contribution >= 0.6 is 0 Å². The van der Waals surface area contributed by atoms with E-state index in [4.69, 9.17) is 0 Å². The molecule has 0 fully saturated rings. The molecule has 2 aromatic carbocycles. The first-order valence-corrected chi connectivity index (χ1v) is 9.00. The van der Waals surface area contributed by atoms with Gasteiger partial charge in [0, 0.05) is 18.8 Å². The van der Waals surface area contributed by atoms with Crippen LogP contribution in [0.2, 0.25) is 0 Å². The van der Waals surface area contributed by atoms with E-state index < -0.39 is 12.0 Å². The van der Waals surface area contributed by atoms with E-state index in [-0.39, 0.29) is 12.3 Å². The van der Waals surface area contributed by atoms with Gasteiger partial charge in [0.1, 0.15) is 6.04 Å². The van der Waals surface area contributed by atoms with Gasteiger partial charge in [0.2, 0.25) is 5.91 Å². The molecule has 0 unspecified atom stereocenters. The number of rotatable bonds is 10. The SMILES string of the molecule is CCN(CC)CCN[C@H](CC(=O)Nc1ccc2ccccc2c1)C(=O)O. The number of carbonyl (C=O) groups is 2. The van der Waals surface area contributed by atoms with Gasteiger partial charge in [-0.2, -0.15) is 0 Å². The molecule has 0 aliphatic rings. The molecule has 0 radical (unpaired) electrons. The number of anilines is 1. The van der Waals surface area contributed by atoms with Gasteiger partial charge in [-0.15, -0.1) is 0 Å². The van der Waals surface area contributed by atoms with Crippen molar-refractivity contribution in [2.45, 2.75) is 26.3 Å². The highest BCUT2D eigenvalue weighted by molar-refractivity contribution is 5.96. The Balaban J connectivity index is 1.90. The molecular formula is C20H27N3O3. The van der Waals surface area contributed by atoms with Crippen molar-refractivity contribution in [1.82, 2.24) is 10.2 Å². The average Bonchev–Trinajstić information content (AvgIpc) is 2.64. The molecule has 6 nitrogen and oxygen atoms in total. The van der Waals surface area contributed by atoms with E-state index in [9.17, 15) is 14.7 Å². The Morgan fingerprint density at radius 2 is 1.77 bits per heavy atom. The summed E-state index contributed by atoms with van der Waals surface area (Å²) in [5, 5.41) is 17.2. The maximum absolute atomic E-state index is 12.2. The van der Waals surface area contributed by atoms with Gasteiger partial charge in [0.15, 0.2) is 0 Å². The molecule has 0 aliphatic carbocycles. The van der Waals surface area contributed by atoms with Crippen molar-refractivity contribution in [3.63, 3.8) is 0 Å². The summed E-state index contributed by atoms with van der Waals surface area (Å²) >= 11 is 0. The molecule has 1 amide bonds. The van der Waals surface area contributed by atoms with Crippen LogP contribution in [-0.4, -0.2) is 54.1 Å². The van der Waals surface area contributed by atoms with E-state index in [1.807, 2.05) is 42.5 Å². The second-order valence-corrected chi connectivity index (χ2v) is 6.19. The molecule has 0 aliphatic heterocycles. The second kappa shape index (κ2) is 9.89. The van der Waals surface area contributed by atoms with E-state index in [1.165, 1.54) is 0 Å². The summed E-state index contributed by atoms with van der Waals surface area (Å²) in [4.78, 5) is 25.9. The number of aliphatic carboxylic acids is 1. The number of fused-ring (bicyclic) bond motifs is 1. The molecule has 0 heterocycles. The lowest BCUT2D eigenvalue weighted by Crippen LogP contribution is -2.43. The summed E-state index contributed by atoms with van der Waals surface area (Å²) in [5.41, 5.74) is 0.668. The smallest absolute Gasteiger partial charge is 0.321 e. The Hall–Kier alpha value is -2.44. The average molecular weight is 357 g/mol. The highest BCUT2D eigenvalue weighted by Gasteiger charge is 2.20. The molecule has 26 heavy (non-hydrogen) atoms. The lowest BCUT2D eigenvalue weighted by molar-refractivity contribution is -0.141. The fourth-order valence-corrected chi connectivity index (χ4v) is 2.85. The monoisotopic (exact) mass is 357 g/mol. The van der Waals surface area contributed by atoms with Gasteiger partial charge in [-0.1, -0.05) is 44.2 Å². The van der Waals surface area contributed by atoms with Crippen molar-refractivity contribution in [1.29, 1.82) is 0 Å². The van der Waals surface area contributed by atoms with Crippen molar-refractivity contribution < 1.29 is 14.7 Å². The molecule has 0 bridgehead atoms. The number of hydrogen-bond acceptors (Lipinski definition) is 4. The number of carboxylic acids is 1. The normalized spacial score (nSPS) is 12.3. The topological polar surface area (TPSA) is 81.7 Å². The first-order chi connectivity index (χ1) is 12.5. The van der Waals surface area contributed by atoms with Crippen LogP contribution in [0.15, 0.2) is 42.5 Å². The van der Waals surface area contributed by atoms with E-state index in [0.29, 0.717) is 12.2 Å². The van der Waals surface area contributed by atoms with Gasteiger partial charge in [-0.3, -0.25) is 9.59 Å². The maximum Gasteiger partial charge on any atom is 0.321 e. The zero-order valence-electron chi connectivity index (χ0n) is 15.4. The van der Waals surface area contributed by atoms with Gasteiger partial charge < -0.3 is 20.6 Å². The van der Waals surface area contributed by atoms with Crippen molar-refractivity contribution in [3.8, 4) is 0 Å². The van der Waals surface area contributed by atoms with Crippen molar-refractivity contribution >= 4 is 28.3 Å². The molecular weight excluding hydrogens is 330 g/mol. The maximum atomic E-state index is 12.2. The molecule has 0 saturated carbocycles. The number of carboxylic acid groups (broad SMARTS) is 1. The first kappa shape index (κ1) is 19.9. The van der Waals surface area contributed by atoms with Gasteiger partial charge in [-0.25, -0.2) is 0 Å². The summed E-state index contributed by atoms with van der Waals surface area (Å²) in [6, 6.07) is 12.6. The molecule has 2 rings (SSSR count). The number of amides is 1. The van der Waals surface area contributed by atoms with Crippen LogP contribution in [-0.2, 0) is 9.59 Å². The van der Waals surface area contributed by atoms with Crippen LogP contribution in [0.3, 0.4) is 0 Å². The fourth-order valence-electron chi connectivity index (χ4n) is 2.85. The second-order valence-electron chi connectivity index (χ2n) is 6.19. The summed E-state index contributed by atoms with van der Waals surface area (Å²) in [5.74, 6) is -1.33. The van der Waals surface area contributed by atoms with Crippen LogP contribution < -0.4 is 10.6 Å². The van der Waals surface area contributed by atoms with Crippen molar-refractivity contribution in [2.24, 2.45) is 0 Å². The van der Waals surface area contributed by atoms with Gasteiger partial charge >= 0.3 is 5.97 Å². The highest BCUT2D eigenvalue weighted by Crippen LogP contribution is 2.19. The summed E-state index contributed by atoms with van der Waals surface area (Å²) in [6.07, 6.45) is -0.111. The predicted octanol–water partition coefficient (Wildman–Crippen LogP) is 2.55. The number of hydrogen-bond donors (Lipinski definition) is 3. The Morgan fingerprint density at radius 3 is 2.42 bits per heavy atom. The number of carbonyl (C=O) groups excluding carboxylic acids is 1. The predicted molar refractivity (Wildman–Crippen MR) is 104 cm³/mol. The molecule has 0 aromatic heterocycles. The van der Waals surface area contributed by atoms with E-state index >= 15 is 0 Å². The third-order valence-corrected chi connectivity index (χ3v) is 4.43. The summed E-state index contributed by atoms with van der Waals surface area (Å²) < 4.78 is 0. The van der Waals surface area contributed by atoms with Crippen molar-refractivity contribution in [2.75, 3.05) is 31.5 Å². The van der Waals surface area contributed by atoms with Gasteiger partial charge in [-0.05, 0) is 36.0 Å². The summed E-state index contributed by atoms with van der Waals surface area (Å²) in [6.45, 7) is 7.24. The Kier molecular flexibility index (Phi) is 7.56. The van der Waals surface area contributed by atoms with Crippen LogP contribution in [0.5, 0.6) is 0 Å². The molecule has 3 N–H and O–H groups in total. The van der Waals surface area contributed by atoms with Crippen LogP contribution in [0.25, 0.3) is 10.8 Å². The number of benzene rings is 2. The Bertz CT molecular complexity index is 744. The minimum absolute atomic E-state index is 0.111. The van der Waals surface area contributed by atoms with Gasteiger partial charge in [0.25, 0.3) is 0 Å². The van der Waals surface area contributed by atoms with Crippen LogP contribution in [0.4, 0.5) is 5.69 Å². The first-order valence-electron chi connectivity index (χ1n) is 9.00. The molecule has 140 valence electrons. The molecule has 0 spiro atoms. The molecule has 1 atom stereocenters. The molecule has 0 saturated heterocycles. The van der Waals surface area contributed by atoms with E-state index in [1.54, 1.807) is 0 Å². The Labute approximate surface area is 154 Å². The van der Waals surface area contributed by atoms with Gasteiger partial charge in [0.05, 0.1) is 6.42 Å². The van der Waals surface area contributed by atoms with E-state index in [2.05, 4.69) is 29.4 Å². The molecule has 2 aromatic rings. The lowest BCUT2D eigenvalue weighted by Gasteiger charge is -2.20. The fraction of sp³-hybridized carbons (Fsp3) is 0.400. The number of nitrogens with zero attached hydrogens (tertiary/aromatic N) is 1. The largest absolute Gasteiger partial charge is 0.480 e.